The number of hydrogen-bond acceptors (Lipinski definition) is 3. The number of carbonyl (C=O) groups is 1. The van der Waals surface area contributed by atoms with Crippen molar-refractivity contribution in [2.45, 2.75) is 13.0 Å². The first-order valence-electron chi connectivity index (χ1n) is 6.65. The molecule has 108 valence electrons. The van der Waals surface area contributed by atoms with Gasteiger partial charge in [-0.25, -0.2) is 0 Å². The number of nitrogens with one attached hydrogen (secondary N) is 1. The number of nitrogens with two attached hydrogens (primary N) is 1. The normalized spacial score (nSPS) is 10.9. The van der Waals surface area contributed by atoms with E-state index >= 15 is 0 Å². The highest BCUT2D eigenvalue weighted by atomic mass is 16.5. The van der Waals surface area contributed by atoms with Crippen LogP contribution in [0.1, 0.15) is 16.1 Å². The Bertz CT molecular complexity index is 788. The maximum atomic E-state index is 11.0. The first-order chi connectivity index (χ1) is 10.2. The summed E-state index contributed by atoms with van der Waals surface area (Å²) in [4.78, 5) is 14.3. The molecule has 0 saturated carbocycles. The van der Waals surface area contributed by atoms with Crippen molar-refractivity contribution in [1.29, 1.82) is 0 Å². The zero-order chi connectivity index (χ0) is 14.8. The van der Waals surface area contributed by atoms with Gasteiger partial charge in [0, 0.05) is 29.8 Å². The van der Waals surface area contributed by atoms with E-state index in [0.29, 0.717) is 6.54 Å². The number of aromatic nitrogens is 3. The van der Waals surface area contributed by atoms with E-state index in [0.717, 1.165) is 28.6 Å². The number of ether oxygens (including phenoxy) is 1. The molecule has 0 bridgehead atoms. The highest BCUT2D eigenvalue weighted by molar-refractivity contribution is 5.90. The second kappa shape index (κ2) is 5.32. The summed E-state index contributed by atoms with van der Waals surface area (Å²) in [6.45, 7) is 0.665. The number of nitrogens with zero attached hydrogens (tertiary/aromatic N) is 2. The lowest BCUT2D eigenvalue weighted by Crippen LogP contribution is -2.12. The average molecular weight is 284 g/mol. The number of benzene rings is 1. The van der Waals surface area contributed by atoms with Crippen LogP contribution in [0.3, 0.4) is 0 Å². The summed E-state index contributed by atoms with van der Waals surface area (Å²) in [6.07, 6.45) is 4.51. The highest BCUT2D eigenvalue weighted by Gasteiger charge is 2.10. The van der Waals surface area contributed by atoms with Gasteiger partial charge in [0.15, 0.2) is 0 Å². The van der Waals surface area contributed by atoms with Crippen LogP contribution in [0.5, 0.6) is 5.75 Å². The Balaban J connectivity index is 1.83. The Labute approximate surface area is 121 Å². The molecular formula is C15H16N4O2. The van der Waals surface area contributed by atoms with Crippen molar-refractivity contribution >= 4 is 16.8 Å². The maximum Gasteiger partial charge on any atom is 0.269 e. The van der Waals surface area contributed by atoms with Gasteiger partial charge in [-0.1, -0.05) is 6.07 Å². The van der Waals surface area contributed by atoms with Gasteiger partial charge in [0.2, 0.25) is 0 Å². The summed E-state index contributed by atoms with van der Waals surface area (Å²) in [5.41, 5.74) is 7.67. The van der Waals surface area contributed by atoms with Gasteiger partial charge in [0.1, 0.15) is 11.4 Å². The molecule has 3 rings (SSSR count). The van der Waals surface area contributed by atoms with Gasteiger partial charge in [-0.15, -0.1) is 0 Å². The van der Waals surface area contributed by atoms with E-state index in [9.17, 15) is 4.79 Å². The first-order valence-corrected chi connectivity index (χ1v) is 6.65. The molecule has 6 nitrogen and oxygen atoms in total. The Morgan fingerprint density at radius 2 is 2.29 bits per heavy atom. The van der Waals surface area contributed by atoms with Crippen LogP contribution in [-0.2, 0) is 13.0 Å². The van der Waals surface area contributed by atoms with Crippen molar-refractivity contribution < 1.29 is 9.53 Å². The number of aromatic amines is 1. The minimum absolute atomic E-state index is 0.284. The molecule has 0 spiro atoms. The number of carbonyl (C=O) groups excluding carboxylic acids is 1. The number of fused-ring (bicyclic) bond motifs is 1. The van der Waals surface area contributed by atoms with Crippen molar-refractivity contribution in [3.63, 3.8) is 0 Å². The molecule has 0 aliphatic heterocycles. The van der Waals surface area contributed by atoms with Crippen molar-refractivity contribution in [1.82, 2.24) is 14.8 Å². The van der Waals surface area contributed by atoms with Gasteiger partial charge in [0.25, 0.3) is 5.91 Å². The molecule has 0 atom stereocenters. The molecule has 2 aromatic heterocycles. The van der Waals surface area contributed by atoms with Crippen LogP contribution in [0.25, 0.3) is 10.9 Å². The predicted molar refractivity (Wildman–Crippen MR) is 79.3 cm³/mol. The van der Waals surface area contributed by atoms with Crippen molar-refractivity contribution in [2.75, 3.05) is 7.11 Å². The minimum Gasteiger partial charge on any atom is -0.496 e. The largest absolute Gasteiger partial charge is 0.496 e. The smallest absolute Gasteiger partial charge is 0.269 e. The Hall–Kier alpha value is -2.76. The van der Waals surface area contributed by atoms with Crippen molar-refractivity contribution in [2.24, 2.45) is 5.73 Å². The number of amides is 1. The number of primary amides is 1. The Kier molecular flexibility index (Phi) is 3.35. The fourth-order valence-electron chi connectivity index (χ4n) is 2.44. The molecular weight excluding hydrogens is 268 g/mol. The van der Waals surface area contributed by atoms with Gasteiger partial charge in [-0.2, -0.15) is 5.10 Å². The van der Waals surface area contributed by atoms with Crippen LogP contribution >= 0.6 is 0 Å². The Morgan fingerprint density at radius 1 is 1.43 bits per heavy atom. The van der Waals surface area contributed by atoms with E-state index < -0.39 is 5.91 Å². The van der Waals surface area contributed by atoms with E-state index in [-0.39, 0.29) is 5.69 Å². The molecule has 0 radical (unpaired) electrons. The van der Waals surface area contributed by atoms with E-state index in [2.05, 4.69) is 10.1 Å². The molecule has 6 heteroatoms. The third-order valence-corrected chi connectivity index (χ3v) is 3.47. The fraction of sp³-hybridized carbons (Fsp3) is 0.200. The van der Waals surface area contributed by atoms with Crippen LogP contribution in [0, 0.1) is 0 Å². The molecule has 2 heterocycles. The summed E-state index contributed by atoms with van der Waals surface area (Å²) < 4.78 is 7.13. The van der Waals surface area contributed by atoms with E-state index in [1.54, 1.807) is 24.1 Å². The van der Waals surface area contributed by atoms with Crippen molar-refractivity contribution in [3.8, 4) is 5.75 Å². The van der Waals surface area contributed by atoms with Crippen LogP contribution < -0.4 is 10.5 Å². The van der Waals surface area contributed by atoms with Gasteiger partial charge in [0.05, 0.1) is 7.11 Å². The van der Waals surface area contributed by atoms with Crippen molar-refractivity contribution in [3.05, 3.63) is 47.9 Å². The molecule has 21 heavy (non-hydrogen) atoms. The van der Waals surface area contributed by atoms with Gasteiger partial charge in [-0.3, -0.25) is 9.48 Å². The molecule has 0 fully saturated rings. The van der Waals surface area contributed by atoms with E-state index in [1.807, 2.05) is 24.4 Å². The van der Waals surface area contributed by atoms with E-state index in [4.69, 9.17) is 10.5 Å². The SMILES string of the molecule is COc1cccc2[nH]cc(CCn3ccc(C(N)=O)n3)c12. The molecule has 3 N–H and O–H groups in total. The maximum absolute atomic E-state index is 11.0. The molecule has 3 aromatic rings. The summed E-state index contributed by atoms with van der Waals surface area (Å²) in [5.74, 6) is 0.338. The van der Waals surface area contributed by atoms with Crippen LogP contribution in [0.15, 0.2) is 36.7 Å². The second-order valence-electron chi connectivity index (χ2n) is 4.78. The van der Waals surface area contributed by atoms with Crippen LogP contribution in [-0.4, -0.2) is 27.8 Å². The molecule has 1 aromatic carbocycles. The molecule has 0 aliphatic carbocycles. The predicted octanol–water partition coefficient (Wildman–Crippen LogP) is 1.71. The van der Waals surface area contributed by atoms with Crippen LogP contribution in [0.2, 0.25) is 0 Å². The summed E-state index contributed by atoms with van der Waals surface area (Å²) in [5, 5.41) is 5.22. The van der Waals surface area contributed by atoms with Crippen LogP contribution in [0.4, 0.5) is 0 Å². The zero-order valence-electron chi connectivity index (χ0n) is 11.7. The third-order valence-electron chi connectivity index (χ3n) is 3.47. The molecule has 0 unspecified atom stereocenters. The highest BCUT2D eigenvalue weighted by Crippen LogP contribution is 2.28. The number of methoxy groups -OCH3 is 1. The minimum atomic E-state index is -0.512. The first kappa shape index (κ1) is 13.2. The number of rotatable bonds is 5. The Morgan fingerprint density at radius 3 is 3.00 bits per heavy atom. The number of hydrogen-bond donors (Lipinski definition) is 2. The number of H-pyrrole nitrogens is 1. The fourth-order valence-corrected chi connectivity index (χ4v) is 2.44. The molecule has 0 aliphatic rings. The number of aryl methyl sites for hydroxylation is 2. The van der Waals surface area contributed by atoms with Gasteiger partial charge >= 0.3 is 0 Å². The van der Waals surface area contributed by atoms with Gasteiger partial charge < -0.3 is 15.5 Å². The lowest BCUT2D eigenvalue weighted by Gasteiger charge is -2.05. The summed E-state index contributed by atoms with van der Waals surface area (Å²) >= 11 is 0. The molecule has 1 amide bonds. The monoisotopic (exact) mass is 284 g/mol. The average Bonchev–Trinajstić information content (AvgIpc) is 3.11. The third kappa shape index (κ3) is 2.47. The van der Waals surface area contributed by atoms with E-state index in [1.165, 1.54) is 0 Å². The van der Waals surface area contributed by atoms with Gasteiger partial charge in [-0.05, 0) is 30.2 Å². The second-order valence-corrected chi connectivity index (χ2v) is 4.78. The standard InChI is InChI=1S/C15H16N4O2/c1-21-13-4-2-3-11-14(13)10(9-17-11)5-7-19-8-6-12(18-19)15(16)20/h2-4,6,8-9,17H,5,7H2,1H3,(H2,16,20). The lowest BCUT2D eigenvalue weighted by molar-refractivity contribution is 0.0994. The quantitative estimate of drug-likeness (QED) is 0.748. The lowest BCUT2D eigenvalue weighted by atomic mass is 10.1. The summed E-state index contributed by atoms with van der Waals surface area (Å²) in [6, 6.07) is 7.53. The molecule has 0 saturated heterocycles. The topological polar surface area (TPSA) is 85.9 Å². The summed E-state index contributed by atoms with van der Waals surface area (Å²) in [7, 11) is 1.66. The zero-order valence-corrected chi connectivity index (χ0v) is 11.7.